The van der Waals surface area contributed by atoms with E-state index in [4.69, 9.17) is 4.98 Å². The summed E-state index contributed by atoms with van der Waals surface area (Å²) < 4.78 is 1.94. The van der Waals surface area contributed by atoms with Crippen LogP contribution in [0.4, 0.5) is 16.4 Å². The molecule has 4 aromatic rings. The van der Waals surface area contributed by atoms with Gasteiger partial charge in [-0.2, -0.15) is 5.26 Å². The van der Waals surface area contributed by atoms with Crippen LogP contribution >= 0.6 is 0 Å². The zero-order valence-electron chi connectivity index (χ0n) is 20.5. The number of nitrogens with zero attached hydrogens (tertiary/aromatic N) is 7. The first kappa shape index (κ1) is 23.9. The molecular weight excluding hydrogens is 470 g/mol. The van der Waals surface area contributed by atoms with Crippen molar-refractivity contribution in [3.05, 3.63) is 66.1 Å². The Hall–Kier alpha value is -4.78. The van der Waals surface area contributed by atoms with Crippen LogP contribution in [0.3, 0.4) is 0 Å². The fourth-order valence-electron chi connectivity index (χ4n) is 4.21. The van der Waals surface area contributed by atoms with Gasteiger partial charge in [-0.25, -0.2) is 24.6 Å². The lowest BCUT2D eigenvalue weighted by Crippen LogP contribution is -2.26. The molecule has 1 aliphatic rings. The van der Waals surface area contributed by atoms with Gasteiger partial charge in [0.05, 0.1) is 34.7 Å². The van der Waals surface area contributed by atoms with Crippen molar-refractivity contribution in [1.29, 1.82) is 5.26 Å². The summed E-state index contributed by atoms with van der Waals surface area (Å²) in [4.78, 5) is 40.3. The molecule has 1 N–H and O–H groups in total. The molecule has 10 heteroatoms. The molecule has 3 heterocycles. The number of hydrogen-bond acceptors (Lipinski definition) is 6. The summed E-state index contributed by atoms with van der Waals surface area (Å²) in [7, 11) is 3.46. The molecule has 1 aliphatic carbocycles. The average molecular weight is 496 g/mol. The van der Waals surface area contributed by atoms with Crippen molar-refractivity contribution in [2.45, 2.75) is 31.7 Å². The van der Waals surface area contributed by atoms with Crippen molar-refractivity contribution < 1.29 is 14.7 Å². The molecule has 1 saturated carbocycles. The number of rotatable bonds is 7. The minimum absolute atomic E-state index is 0.0317. The van der Waals surface area contributed by atoms with E-state index in [1.165, 1.54) is 18.3 Å². The van der Waals surface area contributed by atoms with Crippen LogP contribution in [0.5, 0.6) is 0 Å². The maximum atomic E-state index is 12.3. The van der Waals surface area contributed by atoms with Gasteiger partial charge in [-0.3, -0.25) is 4.79 Å². The lowest BCUT2D eigenvalue weighted by atomic mass is 10.1. The molecule has 1 aromatic carbocycles. The molecule has 3 aromatic heterocycles. The van der Waals surface area contributed by atoms with E-state index in [0.29, 0.717) is 30.1 Å². The monoisotopic (exact) mass is 495 g/mol. The fourth-order valence-corrected chi connectivity index (χ4v) is 4.21. The molecule has 0 bridgehead atoms. The maximum Gasteiger partial charge on any atom is 0.418 e. The number of anilines is 2. The van der Waals surface area contributed by atoms with Crippen molar-refractivity contribution in [3.63, 3.8) is 0 Å². The molecule has 0 unspecified atom stereocenters. The first-order valence-corrected chi connectivity index (χ1v) is 11.9. The highest BCUT2D eigenvalue weighted by atomic mass is 16.4. The van der Waals surface area contributed by atoms with E-state index in [2.05, 4.69) is 9.97 Å². The van der Waals surface area contributed by atoms with Crippen LogP contribution < -0.4 is 4.90 Å². The van der Waals surface area contributed by atoms with Gasteiger partial charge in [0.2, 0.25) is 5.91 Å². The van der Waals surface area contributed by atoms with E-state index in [9.17, 15) is 20.0 Å². The summed E-state index contributed by atoms with van der Waals surface area (Å²) in [5, 5.41) is 19.3. The topological polar surface area (TPSA) is 128 Å². The minimum atomic E-state index is -1.24. The van der Waals surface area contributed by atoms with Crippen LogP contribution in [0, 0.1) is 11.3 Å². The third kappa shape index (κ3) is 4.97. The molecule has 186 valence electrons. The summed E-state index contributed by atoms with van der Waals surface area (Å²) in [6.07, 6.45) is 4.30. The number of benzene rings is 1. The number of hydrogen-bond donors (Lipinski definition) is 1. The highest BCUT2D eigenvalue weighted by molar-refractivity contribution is 5.93. The van der Waals surface area contributed by atoms with Gasteiger partial charge in [0, 0.05) is 38.8 Å². The molecule has 0 atom stereocenters. The zero-order chi connectivity index (χ0) is 26.1. The molecule has 10 nitrogen and oxygen atoms in total. The predicted octanol–water partition coefficient (Wildman–Crippen LogP) is 4.54. The number of aromatic nitrogens is 4. The molecule has 5 rings (SSSR count). The van der Waals surface area contributed by atoms with Gasteiger partial charge in [-0.15, -0.1) is 0 Å². The van der Waals surface area contributed by atoms with Gasteiger partial charge in [0.15, 0.2) is 0 Å². The smallest absolute Gasteiger partial charge is 0.418 e. The van der Waals surface area contributed by atoms with Crippen LogP contribution in [-0.4, -0.2) is 55.6 Å². The van der Waals surface area contributed by atoms with Crippen molar-refractivity contribution in [1.82, 2.24) is 24.4 Å². The summed E-state index contributed by atoms with van der Waals surface area (Å²) in [6, 6.07) is 14.5. The quantitative estimate of drug-likeness (QED) is 0.399. The van der Waals surface area contributed by atoms with E-state index in [1.54, 1.807) is 31.4 Å². The number of pyridine rings is 2. The van der Waals surface area contributed by atoms with Gasteiger partial charge in [-0.1, -0.05) is 6.07 Å². The van der Waals surface area contributed by atoms with Crippen LogP contribution in [0.1, 0.15) is 36.3 Å². The molecule has 0 spiro atoms. The molecule has 1 fully saturated rings. The van der Waals surface area contributed by atoms with Crippen molar-refractivity contribution in [3.8, 4) is 17.3 Å². The van der Waals surface area contributed by atoms with Gasteiger partial charge >= 0.3 is 6.09 Å². The highest BCUT2D eigenvalue weighted by Crippen LogP contribution is 2.42. The summed E-state index contributed by atoms with van der Waals surface area (Å²) in [5.41, 5.74) is 4.41. The Labute approximate surface area is 213 Å². The normalized spacial score (nSPS) is 12.8. The molecule has 2 amide bonds. The van der Waals surface area contributed by atoms with E-state index in [-0.39, 0.29) is 17.5 Å². The van der Waals surface area contributed by atoms with Crippen LogP contribution in [0.25, 0.3) is 22.3 Å². The molecule has 0 saturated heterocycles. The molecule has 37 heavy (non-hydrogen) atoms. The average Bonchev–Trinajstić information content (AvgIpc) is 3.67. The Bertz CT molecular complexity index is 1550. The largest absolute Gasteiger partial charge is 0.464 e. The molecule has 0 aliphatic heterocycles. The third-order valence-corrected chi connectivity index (χ3v) is 6.39. The third-order valence-electron chi connectivity index (χ3n) is 6.39. The number of carbonyl (C=O) groups excluding carboxylic acids is 1. The SMILES string of the molecule is CN(C)C(=O)CCn1cnc2ccc(-c3cc(C4CC4)cc(N(C(=O)O)c4cc(C#N)ccn4)n3)cc21. The number of nitriles is 1. The van der Waals surface area contributed by atoms with Gasteiger partial charge in [0.25, 0.3) is 0 Å². The first-order valence-electron chi connectivity index (χ1n) is 11.9. The second kappa shape index (κ2) is 9.70. The fraction of sp³-hybridized carbons (Fsp3) is 0.259. The van der Waals surface area contributed by atoms with Gasteiger partial charge < -0.3 is 14.6 Å². The van der Waals surface area contributed by atoms with E-state index < -0.39 is 6.09 Å². The second-order valence-corrected chi connectivity index (χ2v) is 9.23. The maximum absolute atomic E-state index is 12.3. The molecular formula is C27H25N7O3. The van der Waals surface area contributed by atoms with E-state index in [0.717, 1.165) is 39.9 Å². The van der Waals surface area contributed by atoms with E-state index in [1.807, 2.05) is 34.9 Å². The Morgan fingerprint density at radius 2 is 1.92 bits per heavy atom. The predicted molar refractivity (Wildman–Crippen MR) is 137 cm³/mol. The number of fused-ring (bicyclic) bond motifs is 1. The molecule has 0 radical (unpaired) electrons. The lowest BCUT2D eigenvalue weighted by molar-refractivity contribution is -0.128. The number of carboxylic acid groups (broad SMARTS) is 1. The number of amides is 2. The minimum Gasteiger partial charge on any atom is -0.464 e. The lowest BCUT2D eigenvalue weighted by Gasteiger charge is -2.19. The standard InChI is InChI=1S/C27H25N7O3/c1-32(2)26(35)8-10-33-16-30-21-6-5-19(13-23(21)33)22-12-20(18-3-4-18)14-25(31-22)34(27(36)37)24-11-17(15-28)7-9-29-24/h5-7,9,11-14,16,18H,3-4,8,10H2,1-2H3,(H,36,37). The van der Waals surface area contributed by atoms with Crippen molar-refractivity contribution in [2.24, 2.45) is 0 Å². The second-order valence-electron chi connectivity index (χ2n) is 9.23. The van der Waals surface area contributed by atoms with Crippen molar-refractivity contribution in [2.75, 3.05) is 19.0 Å². The van der Waals surface area contributed by atoms with E-state index >= 15 is 0 Å². The highest BCUT2D eigenvalue weighted by Gasteiger charge is 2.28. The number of aryl methyl sites for hydroxylation is 1. The van der Waals surface area contributed by atoms with Gasteiger partial charge in [0.1, 0.15) is 11.6 Å². The first-order chi connectivity index (χ1) is 17.8. The van der Waals surface area contributed by atoms with Crippen LogP contribution in [0.2, 0.25) is 0 Å². The number of carbonyl (C=O) groups is 2. The number of imidazole rings is 1. The van der Waals surface area contributed by atoms with Gasteiger partial charge in [-0.05, 0) is 60.7 Å². The Balaban J connectivity index is 1.57. The Morgan fingerprint density at radius 3 is 2.62 bits per heavy atom. The van der Waals surface area contributed by atoms with Crippen molar-refractivity contribution >= 4 is 34.7 Å². The summed E-state index contributed by atoms with van der Waals surface area (Å²) in [5.74, 6) is 0.710. The zero-order valence-corrected chi connectivity index (χ0v) is 20.5. The summed E-state index contributed by atoms with van der Waals surface area (Å²) in [6.45, 7) is 0.492. The Kier molecular flexibility index (Phi) is 6.27. The Morgan fingerprint density at radius 1 is 1.11 bits per heavy atom. The van der Waals surface area contributed by atoms with Crippen LogP contribution in [-0.2, 0) is 11.3 Å². The summed E-state index contributed by atoms with van der Waals surface area (Å²) >= 11 is 0. The van der Waals surface area contributed by atoms with Crippen LogP contribution in [0.15, 0.2) is 55.0 Å².